The van der Waals surface area contributed by atoms with Gasteiger partial charge >= 0.3 is 0 Å². The zero-order valence-electron chi connectivity index (χ0n) is 14.1. The molecule has 0 unspecified atom stereocenters. The number of hydrogen-bond acceptors (Lipinski definition) is 3. The summed E-state index contributed by atoms with van der Waals surface area (Å²) in [6, 6.07) is 9.80. The smallest absolute Gasteiger partial charge is 0.261 e. The Morgan fingerprint density at radius 2 is 2.12 bits per heavy atom. The van der Waals surface area contributed by atoms with Crippen LogP contribution in [0.5, 0.6) is 5.75 Å². The number of carbonyl (C=O) groups is 1. The van der Waals surface area contributed by atoms with Gasteiger partial charge in [0.1, 0.15) is 11.3 Å². The van der Waals surface area contributed by atoms with E-state index in [1.54, 1.807) is 6.07 Å². The van der Waals surface area contributed by atoms with Crippen LogP contribution in [0.15, 0.2) is 35.1 Å². The molecule has 0 saturated heterocycles. The molecule has 4 rings (SSSR count). The Balaban J connectivity index is 1.43. The number of fused-ring (bicyclic) bond motifs is 2. The zero-order valence-corrected chi connectivity index (χ0v) is 14.1. The van der Waals surface area contributed by atoms with Crippen LogP contribution in [0.2, 0.25) is 0 Å². The minimum absolute atomic E-state index is 0.228. The second kappa shape index (κ2) is 6.75. The Labute approximate surface area is 146 Å². The van der Waals surface area contributed by atoms with Gasteiger partial charge in [-0.3, -0.25) is 9.59 Å². The summed E-state index contributed by atoms with van der Waals surface area (Å²) >= 11 is 0. The van der Waals surface area contributed by atoms with Gasteiger partial charge in [-0.1, -0.05) is 18.2 Å². The molecule has 5 heteroatoms. The molecule has 0 saturated carbocycles. The fraction of sp³-hybridized carbons (Fsp3) is 0.400. The molecule has 2 aliphatic rings. The minimum Gasteiger partial charge on any atom is -0.493 e. The van der Waals surface area contributed by atoms with Crippen molar-refractivity contribution in [3.8, 4) is 5.75 Å². The molecule has 0 fully saturated rings. The van der Waals surface area contributed by atoms with Crippen molar-refractivity contribution in [2.75, 3.05) is 13.2 Å². The van der Waals surface area contributed by atoms with Crippen molar-refractivity contribution in [1.29, 1.82) is 0 Å². The van der Waals surface area contributed by atoms with E-state index in [2.05, 4.69) is 16.4 Å². The van der Waals surface area contributed by atoms with Crippen LogP contribution >= 0.6 is 0 Å². The van der Waals surface area contributed by atoms with E-state index in [-0.39, 0.29) is 17.0 Å². The maximum Gasteiger partial charge on any atom is 0.261 e. The molecular weight excluding hydrogens is 316 g/mol. The van der Waals surface area contributed by atoms with Gasteiger partial charge in [0.05, 0.1) is 6.61 Å². The summed E-state index contributed by atoms with van der Waals surface area (Å²) in [6.45, 7) is 1.20. The molecule has 1 aromatic carbocycles. The van der Waals surface area contributed by atoms with E-state index in [1.165, 1.54) is 5.56 Å². The van der Waals surface area contributed by atoms with E-state index in [0.717, 1.165) is 49.1 Å². The zero-order chi connectivity index (χ0) is 17.2. The number of para-hydroxylation sites is 1. The molecule has 25 heavy (non-hydrogen) atoms. The second-order valence-corrected chi connectivity index (χ2v) is 6.89. The molecular formula is C20H22N2O3. The van der Waals surface area contributed by atoms with Gasteiger partial charge in [0.15, 0.2) is 0 Å². The predicted octanol–water partition coefficient (Wildman–Crippen LogP) is 2.23. The van der Waals surface area contributed by atoms with Crippen LogP contribution in [0, 0.1) is 5.92 Å². The summed E-state index contributed by atoms with van der Waals surface area (Å²) in [6.07, 6.45) is 4.63. The molecule has 1 aliphatic carbocycles. The van der Waals surface area contributed by atoms with E-state index < -0.39 is 0 Å². The highest BCUT2D eigenvalue weighted by molar-refractivity contribution is 5.94. The third-order valence-electron chi connectivity index (χ3n) is 5.15. The summed E-state index contributed by atoms with van der Waals surface area (Å²) in [5, 5.41) is 2.94. The number of H-pyrrole nitrogens is 1. The molecule has 130 valence electrons. The average molecular weight is 338 g/mol. The number of aryl methyl sites for hydroxylation is 2. The van der Waals surface area contributed by atoms with Gasteiger partial charge in [-0.2, -0.15) is 0 Å². The number of carbonyl (C=O) groups excluding carboxylic acids is 1. The third kappa shape index (κ3) is 3.31. The highest BCUT2D eigenvalue weighted by atomic mass is 16.5. The predicted molar refractivity (Wildman–Crippen MR) is 95.2 cm³/mol. The monoisotopic (exact) mass is 338 g/mol. The molecule has 2 N–H and O–H groups in total. The van der Waals surface area contributed by atoms with Crippen LogP contribution in [0.3, 0.4) is 0 Å². The fourth-order valence-electron chi connectivity index (χ4n) is 3.75. The first-order chi connectivity index (χ1) is 12.2. The maximum absolute atomic E-state index is 12.5. The van der Waals surface area contributed by atoms with Gasteiger partial charge in [-0.15, -0.1) is 0 Å². The number of amides is 1. The summed E-state index contributed by atoms with van der Waals surface area (Å²) in [4.78, 5) is 27.5. The fourth-order valence-corrected chi connectivity index (χ4v) is 3.75. The van der Waals surface area contributed by atoms with Crippen molar-refractivity contribution >= 4 is 5.91 Å². The lowest BCUT2D eigenvalue weighted by Crippen LogP contribution is -2.34. The number of benzene rings is 1. The standard InChI is InChI=1S/C20H22N2O3/c23-19(16-11-14-5-3-6-17(14)22-20(16)24)21-12-13-8-9-25-18-7-2-1-4-15(18)10-13/h1-2,4,7,11,13H,3,5-6,8-10,12H2,(H,21,23)(H,22,24)/t13-/m0/s1. The number of pyridine rings is 1. The summed E-state index contributed by atoms with van der Waals surface area (Å²) in [5.41, 5.74) is 3.20. The van der Waals surface area contributed by atoms with E-state index in [1.807, 2.05) is 18.2 Å². The lowest BCUT2D eigenvalue weighted by Gasteiger charge is -2.14. The van der Waals surface area contributed by atoms with Crippen LogP contribution in [0.25, 0.3) is 0 Å². The SMILES string of the molecule is O=C(NC[C@H]1CCOc2ccccc2C1)c1cc2c([nH]c1=O)CCC2. The van der Waals surface area contributed by atoms with Crippen LogP contribution < -0.4 is 15.6 Å². The Morgan fingerprint density at radius 1 is 1.24 bits per heavy atom. The van der Waals surface area contributed by atoms with Crippen molar-refractivity contribution in [3.63, 3.8) is 0 Å². The molecule has 0 spiro atoms. The molecule has 1 aromatic heterocycles. The largest absolute Gasteiger partial charge is 0.493 e. The Morgan fingerprint density at radius 3 is 3.04 bits per heavy atom. The van der Waals surface area contributed by atoms with Gasteiger partial charge < -0.3 is 15.0 Å². The molecule has 1 atom stereocenters. The molecule has 2 aromatic rings. The number of hydrogen-bond donors (Lipinski definition) is 2. The molecule has 5 nitrogen and oxygen atoms in total. The van der Waals surface area contributed by atoms with Gasteiger partial charge in [0, 0.05) is 12.2 Å². The second-order valence-electron chi connectivity index (χ2n) is 6.89. The number of ether oxygens (including phenoxy) is 1. The molecule has 1 amide bonds. The van der Waals surface area contributed by atoms with E-state index in [4.69, 9.17) is 4.74 Å². The van der Waals surface area contributed by atoms with Crippen molar-refractivity contribution < 1.29 is 9.53 Å². The number of aromatic amines is 1. The normalized spacial score (nSPS) is 18.6. The van der Waals surface area contributed by atoms with Gasteiger partial charge in [-0.05, 0) is 61.3 Å². The van der Waals surface area contributed by atoms with Crippen LogP contribution in [-0.2, 0) is 19.3 Å². The summed E-state index contributed by atoms with van der Waals surface area (Å²) in [5.74, 6) is 0.960. The Hall–Kier alpha value is -2.56. The first-order valence-electron chi connectivity index (χ1n) is 8.94. The van der Waals surface area contributed by atoms with Crippen molar-refractivity contribution in [2.45, 2.75) is 32.1 Å². The number of rotatable bonds is 3. The van der Waals surface area contributed by atoms with Crippen LogP contribution in [0.4, 0.5) is 0 Å². The van der Waals surface area contributed by atoms with E-state index in [9.17, 15) is 9.59 Å². The average Bonchev–Trinajstić information content (AvgIpc) is 2.96. The molecule has 0 radical (unpaired) electrons. The van der Waals surface area contributed by atoms with Gasteiger partial charge in [-0.25, -0.2) is 0 Å². The number of aromatic nitrogens is 1. The van der Waals surface area contributed by atoms with Crippen molar-refractivity contribution in [2.24, 2.45) is 5.92 Å². The number of nitrogens with one attached hydrogen (secondary N) is 2. The topological polar surface area (TPSA) is 71.2 Å². The summed E-state index contributed by atoms with van der Waals surface area (Å²) in [7, 11) is 0. The van der Waals surface area contributed by atoms with E-state index >= 15 is 0 Å². The van der Waals surface area contributed by atoms with Gasteiger partial charge in [0.25, 0.3) is 11.5 Å². The molecule has 1 aliphatic heterocycles. The van der Waals surface area contributed by atoms with Crippen molar-refractivity contribution in [1.82, 2.24) is 10.3 Å². The summed E-state index contributed by atoms with van der Waals surface area (Å²) < 4.78 is 5.77. The first-order valence-corrected chi connectivity index (χ1v) is 8.94. The Bertz CT molecular complexity index is 856. The van der Waals surface area contributed by atoms with Gasteiger partial charge in [0.2, 0.25) is 0 Å². The third-order valence-corrected chi connectivity index (χ3v) is 5.15. The molecule has 2 heterocycles. The lowest BCUT2D eigenvalue weighted by atomic mass is 9.97. The lowest BCUT2D eigenvalue weighted by molar-refractivity contribution is 0.0943. The Kier molecular flexibility index (Phi) is 4.30. The molecule has 0 bridgehead atoms. The highest BCUT2D eigenvalue weighted by Gasteiger charge is 2.21. The first kappa shape index (κ1) is 15.9. The van der Waals surface area contributed by atoms with Crippen LogP contribution in [-0.4, -0.2) is 24.0 Å². The highest BCUT2D eigenvalue weighted by Crippen LogP contribution is 2.26. The quantitative estimate of drug-likeness (QED) is 0.901. The van der Waals surface area contributed by atoms with E-state index in [0.29, 0.717) is 19.1 Å². The van der Waals surface area contributed by atoms with Crippen molar-refractivity contribution in [3.05, 3.63) is 63.1 Å². The van der Waals surface area contributed by atoms with Crippen LogP contribution in [0.1, 0.15) is 40.0 Å². The minimum atomic E-state index is -0.285. The maximum atomic E-state index is 12.5.